The molecule has 1 rings (SSSR count). The van der Waals surface area contributed by atoms with Gasteiger partial charge in [0.1, 0.15) is 11.6 Å². The van der Waals surface area contributed by atoms with Crippen LogP contribution in [0, 0.1) is 17.1 Å². The number of hydrogen-bond acceptors (Lipinski definition) is 3. The van der Waals surface area contributed by atoms with Crippen molar-refractivity contribution in [3.8, 4) is 11.8 Å². The molecule has 1 N–H and O–H groups in total. The Bertz CT molecular complexity index is 373. The molecule has 80 valence electrons. The summed E-state index contributed by atoms with van der Waals surface area (Å²) in [6.45, 7) is 2.08. The maximum atomic E-state index is 13.0. The molecule has 0 bridgehead atoms. The fourth-order valence-corrected chi connectivity index (χ4v) is 1.35. The summed E-state index contributed by atoms with van der Waals surface area (Å²) in [5.74, 6) is 0.311. The Balaban J connectivity index is 2.90. The molecule has 0 spiro atoms. The number of hydrogen-bond donors (Lipinski definition) is 1. The van der Waals surface area contributed by atoms with Gasteiger partial charge in [0.05, 0.1) is 19.7 Å². The van der Waals surface area contributed by atoms with Gasteiger partial charge in [-0.3, -0.25) is 5.32 Å². The van der Waals surface area contributed by atoms with E-state index in [1.54, 1.807) is 6.07 Å². The minimum atomic E-state index is -0.309. The Hall–Kier alpha value is -1.60. The summed E-state index contributed by atoms with van der Waals surface area (Å²) in [6, 6.07) is 6.20. The first-order valence-electron chi connectivity index (χ1n) is 4.62. The highest BCUT2D eigenvalue weighted by atomic mass is 19.1. The molecule has 0 radical (unpaired) electrons. The van der Waals surface area contributed by atoms with E-state index in [9.17, 15) is 4.39 Å². The number of ether oxygens (including phenoxy) is 1. The van der Waals surface area contributed by atoms with Crippen molar-refractivity contribution in [2.75, 3.05) is 13.7 Å². The fourth-order valence-electron chi connectivity index (χ4n) is 1.35. The van der Waals surface area contributed by atoms with Crippen LogP contribution in [0.1, 0.15) is 18.5 Å². The standard InChI is InChI=1S/C11H13FN2O/c1-8(14-6-5-13)10-7-9(12)3-4-11(10)15-2/h3-4,7-8,14H,6H2,1-2H3/t8-/m0/s1. The van der Waals surface area contributed by atoms with E-state index in [4.69, 9.17) is 10.00 Å². The molecule has 0 saturated carbocycles. The van der Waals surface area contributed by atoms with Gasteiger partial charge in [-0.05, 0) is 25.1 Å². The quantitative estimate of drug-likeness (QED) is 0.770. The minimum absolute atomic E-state index is 0.115. The third-order valence-corrected chi connectivity index (χ3v) is 2.15. The van der Waals surface area contributed by atoms with E-state index in [2.05, 4.69) is 5.32 Å². The van der Waals surface area contributed by atoms with Crippen LogP contribution in [0.4, 0.5) is 4.39 Å². The Morgan fingerprint density at radius 3 is 2.93 bits per heavy atom. The number of methoxy groups -OCH3 is 1. The van der Waals surface area contributed by atoms with Gasteiger partial charge >= 0.3 is 0 Å². The van der Waals surface area contributed by atoms with E-state index in [1.807, 2.05) is 13.0 Å². The zero-order valence-corrected chi connectivity index (χ0v) is 8.75. The molecule has 0 saturated heterocycles. The van der Waals surface area contributed by atoms with Crippen LogP contribution in [0.2, 0.25) is 0 Å². The largest absolute Gasteiger partial charge is 0.496 e. The first-order chi connectivity index (χ1) is 7.19. The van der Waals surface area contributed by atoms with Crippen molar-refractivity contribution in [2.24, 2.45) is 0 Å². The van der Waals surface area contributed by atoms with E-state index >= 15 is 0 Å². The van der Waals surface area contributed by atoms with Crippen molar-refractivity contribution in [3.63, 3.8) is 0 Å². The number of nitriles is 1. The van der Waals surface area contributed by atoms with Crippen molar-refractivity contribution >= 4 is 0 Å². The first-order valence-corrected chi connectivity index (χ1v) is 4.62. The third kappa shape index (κ3) is 2.93. The third-order valence-electron chi connectivity index (χ3n) is 2.15. The van der Waals surface area contributed by atoms with Crippen LogP contribution in [0.25, 0.3) is 0 Å². The number of nitrogens with one attached hydrogen (secondary N) is 1. The second-order valence-corrected chi connectivity index (χ2v) is 3.15. The lowest BCUT2D eigenvalue weighted by atomic mass is 10.1. The van der Waals surface area contributed by atoms with Crippen LogP contribution >= 0.6 is 0 Å². The summed E-state index contributed by atoms with van der Waals surface area (Å²) in [5, 5.41) is 11.4. The van der Waals surface area contributed by atoms with Crippen molar-refractivity contribution in [2.45, 2.75) is 13.0 Å². The predicted molar refractivity (Wildman–Crippen MR) is 55.0 cm³/mol. The Morgan fingerprint density at radius 1 is 1.60 bits per heavy atom. The second-order valence-electron chi connectivity index (χ2n) is 3.15. The monoisotopic (exact) mass is 208 g/mol. The van der Waals surface area contributed by atoms with Gasteiger partial charge in [0.15, 0.2) is 0 Å². The van der Waals surface area contributed by atoms with Gasteiger partial charge in [-0.15, -0.1) is 0 Å². The maximum Gasteiger partial charge on any atom is 0.123 e. The van der Waals surface area contributed by atoms with Gasteiger partial charge < -0.3 is 4.74 Å². The molecular weight excluding hydrogens is 195 g/mol. The van der Waals surface area contributed by atoms with E-state index in [-0.39, 0.29) is 18.4 Å². The molecule has 3 nitrogen and oxygen atoms in total. The second kappa shape index (κ2) is 5.32. The highest BCUT2D eigenvalue weighted by molar-refractivity contribution is 5.36. The van der Waals surface area contributed by atoms with Gasteiger partial charge in [-0.25, -0.2) is 4.39 Å². The van der Waals surface area contributed by atoms with E-state index in [0.29, 0.717) is 11.3 Å². The summed E-state index contributed by atoms with van der Waals surface area (Å²) in [6.07, 6.45) is 0. The van der Waals surface area contributed by atoms with Crippen LogP contribution in [0.3, 0.4) is 0 Å². The van der Waals surface area contributed by atoms with Gasteiger partial charge in [0.25, 0.3) is 0 Å². The number of nitrogens with zero attached hydrogens (tertiary/aromatic N) is 1. The molecule has 0 aromatic heterocycles. The van der Waals surface area contributed by atoms with Crippen LogP contribution in [0.5, 0.6) is 5.75 Å². The van der Waals surface area contributed by atoms with Gasteiger partial charge in [-0.1, -0.05) is 0 Å². The molecule has 1 atom stereocenters. The summed E-state index contributed by atoms with van der Waals surface area (Å²) in [7, 11) is 1.54. The maximum absolute atomic E-state index is 13.0. The van der Waals surface area contributed by atoms with Crippen LogP contribution < -0.4 is 10.1 Å². The molecule has 1 aromatic carbocycles. The molecular formula is C11H13FN2O. The van der Waals surface area contributed by atoms with Crippen molar-refractivity contribution < 1.29 is 9.13 Å². The molecule has 0 aliphatic heterocycles. The van der Waals surface area contributed by atoms with Crippen LogP contribution in [-0.4, -0.2) is 13.7 Å². The highest BCUT2D eigenvalue weighted by Crippen LogP contribution is 2.25. The van der Waals surface area contributed by atoms with E-state index < -0.39 is 0 Å². The van der Waals surface area contributed by atoms with Crippen molar-refractivity contribution in [3.05, 3.63) is 29.6 Å². The SMILES string of the molecule is COc1ccc(F)cc1[C@H](C)NCC#N. The topological polar surface area (TPSA) is 45.0 Å². The lowest BCUT2D eigenvalue weighted by Crippen LogP contribution is -2.19. The molecule has 15 heavy (non-hydrogen) atoms. The zero-order chi connectivity index (χ0) is 11.3. The summed E-state index contributed by atoms with van der Waals surface area (Å²) in [5.41, 5.74) is 0.716. The molecule has 0 fully saturated rings. The molecule has 1 aromatic rings. The number of halogens is 1. The summed E-state index contributed by atoms with van der Waals surface area (Å²) in [4.78, 5) is 0. The number of benzene rings is 1. The van der Waals surface area contributed by atoms with Gasteiger partial charge in [0, 0.05) is 11.6 Å². The molecule has 0 unspecified atom stereocenters. The summed E-state index contributed by atoms with van der Waals surface area (Å²) >= 11 is 0. The van der Waals surface area contributed by atoms with Gasteiger partial charge in [0.2, 0.25) is 0 Å². The van der Waals surface area contributed by atoms with Crippen molar-refractivity contribution in [1.82, 2.24) is 5.32 Å². The molecule has 4 heteroatoms. The smallest absolute Gasteiger partial charge is 0.123 e. The normalized spacial score (nSPS) is 11.9. The first kappa shape index (κ1) is 11.5. The van der Waals surface area contributed by atoms with Crippen molar-refractivity contribution in [1.29, 1.82) is 5.26 Å². The molecule has 0 aliphatic rings. The predicted octanol–water partition coefficient (Wildman–Crippen LogP) is 2.01. The lowest BCUT2D eigenvalue weighted by molar-refractivity contribution is 0.401. The van der Waals surface area contributed by atoms with Gasteiger partial charge in [-0.2, -0.15) is 5.26 Å². The molecule has 0 aliphatic carbocycles. The Morgan fingerprint density at radius 2 is 2.33 bits per heavy atom. The van der Waals surface area contributed by atoms with E-state index in [1.165, 1.54) is 19.2 Å². The molecule has 0 heterocycles. The lowest BCUT2D eigenvalue weighted by Gasteiger charge is -2.15. The fraction of sp³-hybridized carbons (Fsp3) is 0.364. The van der Waals surface area contributed by atoms with Crippen LogP contribution in [0.15, 0.2) is 18.2 Å². The highest BCUT2D eigenvalue weighted by Gasteiger charge is 2.11. The van der Waals surface area contributed by atoms with E-state index in [0.717, 1.165) is 0 Å². The Kier molecular flexibility index (Phi) is 4.07. The minimum Gasteiger partial charge on any atom is -0.496 e. The summed E-state index contributed by atoms with van der Waals surface area (Å²) < 4.78 is 18.1. The average Bonchev–Trinajstić information content (AvgIpc) is 2.25. The average molecular weight is 208 g/mol. The zero-order valence-electron chi connectivity index (χ0n) is 8.75. The molecule has 0 amide bonds. The Labute approximate surface area is 88.5 Å². The number of rotatable bonds is 4. The van der Waals surface area contributed by atoms with Crippen LogP contribution in [-0.2, 0) is 0 Å².